The number of oxazole rings is 1. The summed E-state index contributed by atoms with van der Waals surface area (Å²) in [4.78, 5) is 14.7. The molecule has 0 spiro atoms. The molecule has 1 aromatic carbocycles. The van der Waals surface area contributed by atoms with Gasteiger partial charge < -0.3 is 9.73 Å². The third kappa shape index (κ3) is 1.94. The minimum Gasteiger partial charge on any atom is -0.443 e. The Morgan fingerprint density at radius 3 is 3.27 bits per heavy atom. The second-order valence-corrected chi connectivity index (χ2v) is 2.95. The molecule has 74 valence electrons. The van der Waals surface area contributed by atoms with Gasteiger partial charge in [-0.3, -0.25) is 4.79 Å². The highest BCUT2D eigenvalue weighted by atomic mass is 16.3. The standard InChI is InChI=1S/C10H7N3O2/c11-4-10(14)12-5-7-1-2-8-9(3-7)15-6-13-8/h1-3,6H,5H2,(H,12,14). The van der Waals surface area contributed by atoms with E-state index >= 15 is 0 Å². The zero-order chi connectivity index (χ0) is 10.7. The number of nitrogens with one attached hydrogen (secondary N) is 1. The number of rotatable bonds is 2. The molecule has 5 nitrogen and oxygen atoms in total. The Kier molecular flexibility index (Phi) is 2.33. The monoisotopic (exact) mass is 201 g/mol. The highest BCUT2D eigenvalue weighted by molar-refractivity contribution is 5.91. The second-order valence-electron chi connectivity index (χ2n) is 2.95. The van der Waals surface area contributed by atoms with Crippen LogP contribution in [-0.2, 0) is 11.3 Å². The lowest BCUT2D eigenvalue weighted by Gasteiger charge is -1.99. The maximum Gasteiger partial charge on any atom is 0.322 e. The molecular weight excluding hydrogens is 194 g/mol. The predicted octanol–water partition coefficient (Wildman–Crippen LogP) is 0.968. The maximum absolute atomic E-state index is 10.7. The van der Waals surface area contributed by atoms with Crippen molar-refractivity contribution in [3.05, 3.63) is 30.2 Å². The first-order chi connectivity index (χ1) is 7.29. The summed E-state index contributed by atoms with van der Waals surface area (Å²) >= 11 is 0. The van der Waals surface area contributed by atoms with Gasteiger partial charge in [0.05, 0.1) is 0 Å². The number of benzene rings is 1. The Hall–Kier alpha value is -2.35. The fourth-order valence-electron chi connectivity index (χ4n) is 1.23. The molecule has 15 heavy (non-hydrogen) atoms. The average molecular weight is 201 g/mol. The molecule has 2 aromatic rings. The Morgan fingerprint density at radius 2 is 2.47 bits per heavy atom. The van der Waals surface area contributed by atoms with Crippen LogP contribution in [0, 0.1) is 11.3 Å². The van der Waals surface area contributed by atoms with Crippen LogP contribution in [0.15, 0.2) is 29.0 Å². The highest BCUT2D eigenvalue weighted by Gasteiger charge is 2.01. The molecule has 2 rings (SSSR count). The number of nitrogens with zero attached hydrogens (tertiary/aromatic N) is 2. The molecule has 5 heteroatoms. The van der Waals surface area contributed by atoms with Crippen molar-refractivity contribution in [1.29, 1.82) is 5.26 Å². The normalized spacial score (nSPS) is 9.80. The van der Waals surface area contributed by atoms with Crippen molar-refractivity contribution >= 4 is 17.0 Å². The summed E-state index contributed by atoms with van der Waals surface area (Å²) in [6.07, 6.45) is 1.36. The van der Waals surface area contributed by atoms with Crippen LogP contribution in [0.5, 0.6) is 0 Å². The van der Waals surface area contributed by atoms with Crippen molar-refractivity contribution < 1.29 is 9.21 Å². The lowest BCUT2D eigenvalue weighted by atomic mass is 10.2. The quantitative estimate of drug-likeness (QED) is 0.734. The van der Waals surface area contributed by atoms with E-state index in [2.05, 4.69) is 10.3 Å². The summed E-state index contributed by atoms with van der Waals surface area (Å²) in [5, 5.41) is 10.7. The number of carbonyl (C=O) groups excluding carboxylic acids is 1. The van der Waals surface area contributed by atoms with E-state index in [1.165, 1.54) is 12.5 Å². The molecule has 1 aromatic heterocycles. The molecule has 0 aliphatic rings. The first-order valence-electron chi connectivity index (χ1n) is 4.29. The van der Waals surface area contributed by atoms with E-state index < -0.39 is 5.91 Å². The molecular formula is C10H7N3O2. The van der Waals surface area contributed by atoms with Gasteiger partial charge in [0.15, 0.2) is 18.0 Å². The molecule has 0 aliphatic carbocycles. The molecule has 0 bridgehead atoms. The zero-order valence-electron chi connectivity index (χ0n) is 7.73. The van der Waals surface area contributed by atoms with E-state index in [1.807, 2.05) is 6.07 Å². The number of carbonyl (C=O) groups is 1. The maximum atomic E-state index is 10.7. The van der Waals surface area contributed by atoms with Crippen molar-refractivity contribution in [3.63, 3.8) is 0 Å². The lowest BCUT2D eigenvalue weighted by molar-refractivity contribution is -0.116. The van der Waals surface area contributed by atoms with Crippen LogP contribution in [0.1, 0.15) is 5.56 Å². The van der Waals surface area contributed by atoms with Crippen LogP contribution in [0.3, 0.4) is 0 Å². The summed E-state index contributed by atoms with van der Waals surface area (Å²) in [5.41, 5.74) is 2.30. The SMILES string of the molecule is N#CC(=O)NCc1ccc2ncoc2c1. The fraction of sp³-hybridized carbons (Fsp3) is 0.100. The third-order valence-corrected chi connectivity index (χ3v) is 1.95. The third-order valence-electron chi connectivity index (χ3n) is 1.95. The number of hydrogen-bond donors (Lipinski definition) is 1. The first kappa shape index (κ1) is 9.21. The minimum atomic E-state index is -0.646. The Balaban J connectivity index is 2.15. The summed E-state index contributed by atoms with van der Waals surface area (Å²) in [5.74, 6) is -0.646. The molecule has 0 unspecified atom stereocenters. The summed E-state index contributed by atoms with van der Waals surface area (Å²) in [7, 11) is 0. The molecule has 0 saturated carbocycles. The second kappa shape index (κ2) is 3.80. The Bertz CT molecular complexity index is 539. The van der Waals surface area contributed by atoms with Crippen LogP contribution in [-0.4, -0.2) is 10.9 Å². The smallest absolute Gasteiger partial charge is 0.322 e. The summed E-state index contributed by atoms with van der Waals surface area (Å²) < 4.78 is 5.10. The van der Waals surface area contributed by atoms with E-state index in [-0.39, 0.29) is 0 Å². The van der Waals surface area contributed by atoms with Crippen molar-refractivity contribution in [1.82, 2.24) is 10.3 Å². The lowest BCUT2D eigenvalue weighted by Crippen LogP contribution is -2.20. The molecule has 1 heterocycles. The summed E-state index contributed by atoms with van der Waals surface area (Å²) in [6.45, 7) is 0.309. The van der Waals surface area contributed by atoms with Crippen molar-refractivity contribution in [2.45, 2.75) is 6.54 Å². The van der Waals surface area contributed by atoms with Gasteiger partial charge in [0.25, 0.3) is 0 Å². The van der Waals surface area contributed by atoms with Crippen LogP contribution in [0.4, 0.5) is 0 Å². The van der Waals surface area contributed by atoms with E-state index in [0.29, 0.717) is 12.1 Å². The molecule has 0 fully saturated rings. The van der Waals surface area contributed by atoms with Gasteiger partial charge in [-0.2, -0.15) is 5.26 Å². The van der Waals surface area contributed by atoms with Crippen molar-refractivity contribution in [3.8, 4) is 6.07 Å². The van der Waals surface area contributed by atoms with Crippen LogP contribution in [0.2, 0.25) is 0 Å². The predicted molar refractivity (Wildman–Crippen MR) is 51.5 cm³/mol. The molecule has 0 atom stereocenters. The van der Waals surface area contributed by atoms with Gasteiger partial charge in [-0.1, -0.05) is 6.07 Å². The van der Waals surface area contributed by atoms with E-state index in [4.69, 9.17) is 9.68 Å². The van der Waals surface area contributed by atoms with Crippen molar-refractivity contribution in [2.24, 2.45) is 0 Å². The van der Waals surface area contributed by atoms with Crippen molar-refractivity contribution in [2.75, 3.05) is 0 Å². The minimum absolute atomic E-state index is 0.309. The van der Waals surface area contributed by atoms with Gasteiger partial charge in [0, 0.05) is 6.54 Å². The average Bonchev–Trinajstić information content (AvgIpc) is 2.72. The molecule has 0 aliphatic heterocycles. The van der Waals surface area contributed by atoms with E-state index in [1.54, 1.807) is 12.1 Å². The molecule has 0 saturated heterocycles. The van der Waals surface area contributed by atoms with E-state index in [0.717, 1.165) is 11.1 Å². The van der Waals surface area contributed by atoms with Crippen LogP contribution >= 0.6 is 0 Å². The number of nitriles is 1. The first-order valence-corrected chi connectivity index (χ1v) is 4.29. The van der Waals surface area contributed by atoms with Gasteiger partial charge in [0.2, 0.25) is 0 Å². The molecule has 1 amide bonds. The van der Waals surface area contributed by atoms with Gasteiger partial charge in [-0.15, -0.1) is 0 Å². The number of fused-ring (bicyclic) bond motifs is 1. The molecule has 1 N–H and O–H groups in total. The Labute approximate surface area is 85.3 Å². The van der Waals surface area contributed by atoms with Crippen LogP contribution < -0.4 is 5.32 Å². The number of aromatic nitrogens is 1. The topological polar surface area (TPSA) is 78.9 Å². The summed E-state index contributed by atoms with van der Waals surface area (Å²) in [6, 6.07) is 6.88. The van der Waals surface area contributed by atoms with Gasteiger partial charge in [0.1, 0.15) is 5.52 Å². The van der Waals surface area contributed by atoms with E-state index in [9.17, 15) is 4.79 Å². The van der Waals surface area contributed by atoms with Crippen LogP contribution in [0.25, 0.3) is 11.1 Å². The molecule has 0 radical (unpaired) electrons. The Morgan fingerprint density at radius 1 is 1.60 bits per heavy atom. The fourth-order valence-corrected chi connectivity index (χ4v) is 1.23. The van der Waals surface area contributed by atoms with Gasteiger partial charge in [-0.05, 0) is 17.7 Å². The largest absolute Gasteiger partial charge is 0.443 e. The number of hydrogen-bond acceptors (Lipinski definition) is 4. The van der Waals surface area contributed by atoms with Gasteiger partial charge in [-0.25, -0.2) is 4.98 Å². The zero-order valence-corrected chi connectivity index (χ0v) is 7.73. The number of amides is 1. The highest BCUT2D eigenvalue weighted by Crippen LogP contribution is 2.13. The van der Waals surface area contributed by atoms with Gasteiger partial charge >= 0.3 is 5.91 Å².